The van der Waals surface area contributed by atoms with Gasteiger partial charge in [-0.15, -0.1) is 0 Å². The van der Waals surface area contributed by atoms with E-state index in [1.54, 1.807) is 12.1 Å². The molecule has 0 fully saturated rings. The minimum Gasteiger partial charge on any atom is -0.467 e. The Bertz CT molecular complexity index is 609. The number of hydrogen-bond acceptors (Lipinski definition) is 4. The first-order valence-corrected chi connectivity index (χ1v) is 5.50. The van der Waals surface area contributed by atoms with Crippen molar-refractivity contribution in [2.75, 3.05) is 5.32 Å². The molecule has 8 heteroatoms. The largest absolute Gasteiger partial charge is 0.467 e. The van der Waals surface area contributed by atoms with Crippen LogP contribution in [0, 0.1) is 10.1 Å². The number of nitrogens with zero attached hydrogens (tertiary/aromatic N) is 1. The van der Waals surface area contributed by atoms with Crippen LogP contribution in [0.1, 0.15) is 11.3 Å². The minimum atomic E-state index is -4.76. The van der Waals surface area contributed by atoms with Crippen molar-refractivity contribution < 1.29 is 22.5 Å². The summed E-state index contributed by atoms with van der Waals surface area (Å²) in [7, 11) is 0. The van der Waals surface area contributed by atoms with Crippen molar-refractivity contribution in [1.82, 2.24) is 0 Å². The van der Waals surface area contributed by atoms with Gasteiger partial charge in [-0.05, 0) is 24.3 Å². The van der Waals surface area contributed by atoms with Gasteiger partial charge in [0, 0.05) is 11.8 Å². The van der Waals surface area contributed by atoms with E-state index in [-0.39, 0.29) is 12.2 Å². The maximum absolute atomic E-state index is 12.6. The third-order valence-electron chi connectivity index (χ3n) is 2.55. The molecule has 2 rings (SSSR count). The molecule has 0 radical (unpaired) electrons. The molecule has 0 aliphatic rings. The average Bonchev–Trinajstić information content (AvgIpc) is 2.88. The van der Waals surface area contributed by atoms with Crippen molar-refractivity contribution in [2.45, 2.75) is 12.7 Å². The molecule has 1 aromatic carbocycles. The molecule has 0 bridgehead atoms. The molecule has 0 saturated heterocycles. The SMILES string of the molecule is O=[N+]([O-])c1cc(NCc2ccco2)ccc1C(F)(F)F. The third-order valence-corrected chi connectivity index (χ3v) is 2.55. The predicted octanol–water partition coefficient (Wildman–Crippen LogP) is 3.82. The molecule has 0 aliphatic heterocycles. The molecule has 0 spiro atoms. The fraction of sp³-hybridized carbons (Fsp3) is 0.167. The van der Waals surface area contributed by atoms with Crippen LogP contribution < -0.4 is 5.32 Å². The van der Waals surface area contributed by atoms with Gasteiger partial charge in [-0.1, -0.05) is 0 Å². The fourth-order valence-electron chi connectivity index (χ4n) is 1.63. The van der Waals surface area contributed by atoms with E-state index >= 15 is 0 Å². The molecule has 0 atom stereocenters. The summed E-state index contributed by atoms with van der Waals surface area (Å²) in [5.41, 5.74) is -2.05. The molecule has 2 aromatic rings. The summed E-state index contributed by atoms with van der Waals surface area (Å²) in [6.45, 7) is 0.218. The van der Waals surface area contributed by atoms with Crippen LogP contribution in [0.5, 0.6) is 0 Å². The zero-order valence-electron chi connectivity index (χ0n) is 9.98. The van der Waals surface area contributed by atoms with E-state index in [1.165, 1.54) is 6.26 Å². The molecule has 0 aliphatic carbocycles. The second-order valence-corrected chi connectivity index (χ2v) is 3.92. The summed E-state index contributed by atoms with van der Waals surface area (Å²) in [6, 6.07) is 6.00. The summed E-state index contributed by atoms with van der Waals surface area (Å²) >= 11 is 0. The highest BCUT2D eigenvalue weighted by molar-refractivity contribution is 5.56. The van der Waals surface area contributed by atoms with Gasteiger partial charge in [0.05, 0.1) is 17.7 Å². The maximum atomic E-state index is 12.6. The van der Waals surface area contributed by atoms with Gasteiger partial charge in [0.15, 0.2) is 0 Å². The van der Waals surface area contributed by atoms with Gasteiger partial charge < -0.3 is 9.73 Å². The van der Waals surface area contributed by atoms with Gasteiger partial charge >= 0.3 is 6.18 Å². The smallest absolute Gasteiger partial charge is 0.423 e. The lowest BCUT2D eigenvalue weighted by molar-refractivity contribution is -0.388. The highest BCUT2D eigenvalue weighted by Gasteiger charge is 2.38. The van der Waals surface area contributed by atoms with Crippen LogP contribution in [-0.2, 0) is 12.7 Å². The molecule has 1 aromatic heterocycles. The first-order chi connectivity index (χ1) is 9.38. The zero-order valence-corrected chi connectivity index (χ0v) is 9.98. The predicted molar refractivity (Wildman–Crippen MR) is 64.1 cm³/mol. The van der Waals surface area contributed by atoms with Crippen LogP contribution >= 0.6 is 0 Å². The van der Waals surface area contributed by atoms with E-state index in [1.807, 2.05) is 0 Å². The zero-order chi connectivity index (χ0) is 14.8. The molecule has 5 nitrogen and oxygen atoms in total. The lowest BCUT2D eigenvalue weighted by Crippen LogP contribution is -2.09. The quantitative estimate of drug-likeness (QED) is 0.685. The van der Waals surface area contributed by atoms with E-state index in [4.69, 9.17) is 4.42 Å². The number of nitro groups is 1. The van der Waals surface area contributed by atoms with Crippen LogP contribution in [0.4, 0.5) is 24.5 Å². The monoisotopic (exact) mass is 286 g/mol. The van der Waals surface area contributed by atoms with Crippen molar-refractivity contribution in [3.8, 4) is 0 Å². The van der Waals surface area contributed by atoms with E-state index < -0.39 is 22.4 Å². The van der Waals surface area contributed by atoms with Gasteiger partial charge in [0.25, 0.3) is 5.69 Å². The first-order valence-electron chi connectivity index (χ1n) is 5.50. The number of benzene rings is 1. The lowest BCUT2D eigenvalue weighted by Gasteiger charge is -2.09. The van der Waals surface area contributed by atoms with Crippen LogP contribution in [0.15, 0.2) is 41.0 Å². The number of hydrogen-bond donors (Lipinski definition) is 1. The summed E-state index contributed by atoms with van der Waals surface area (Å²) in [5, 5.41) is 13.5. The molecule has 106 valence electrons. The molecule has 0 amide bonds. The molecule has 20 heavy (non-hydrogen) atoms. The molecular weight excluding hydrogens is 277 g/mol. The average molecular weight is 286 g/mol. The number of anilines is 1. The van der Waals surface area contributed by atoms with Crippen molar-refractivity contribution in [3.05, 3.63) is 58.0 Å². The van der Waals surface area contributed by atoms with Crippen LogP contribution in [-0.4, -0.2) is 4.92 Å². The summed E-state index contributed by atoms with van der Waals surface area (Å²) in [6.07, 6.45) is -3.31. The second-order valence-electron chi connectivity index (χ2n) is 3.92. The van der Waals surface area contributed by atoms with Crippen LogP contribution in [0.3, 0.4) is 0 Å². The maximum Gasteiger partial charge on any atom is 0.423 e. The second kappa shape index (κ2) is 5.24. The highest BCUT2D eigenvalue weighted by atomic mass is 19.4. The lowest BCUT2D eigenvalue weighted by atomic mass is 10.1. The van der Waals surface area contributed by atoms with E-state index in [0.717, 1.165) is 12.1 Å². The number of nitrogens with one attached hydrogen (secondary N) is 1. The van der Waals surface area contributed by atoms with E-state index in [9.17, 15) is 23.3 Å². The number of rotatable bonds is 4. The summed E-state index contributed by atoms with van der Waals surface area (Å²) in [4.78, 5) is 9.66. The van der Waals surface area contributed by atoms with Gasteiger partial charge in [-0.3, -0.25) is 10.1 Å². The van der Waals surface area contributed by atoms with E-state index in [0.29, 0.717) is 11.8 Å². The Hall–Kier alpha value is -2.51. The Labute approximate surface area is 111 Å². The topological polar surface area (TPSA) is 68.3 Å². The van der Waals surface area contributed by atoms with Gasteiger partial charge in [0.2, 0.25) is 0 Å². The Morgan fingerprint density at radius 1 is 1.30 bits per heavy atom. The number of alkyl halides is 3. The summed E-state index contributed by atoms with van der Waals surface area (Å²) in [5.74, 6) is 0.563. The number of nitro benzene ring substituents is 1. The van der Waals surface area contributed by atoms with Crippen molar-refractivity contribution in [3.63, 3.8) is 0 Å². The molecule has 0 unspecified atom stereocenters. The van der Waals surface area contributed by atoms with Crippen LogP contribution in [0.25, 0.3) is 0 Å². The number of halogens is 3. The highest BCUT2D eigenvalue weighted by Crippen LogP contribution is 2.37. The first kappa shape index (κ1) is 13.9. The standard InChI is InChI=1S/C12H9F3N2O3/c13-12(14,15)10-4-3-8(6-11(10)17(18)19)16-7-9-2-1-5-20-9/h1-6,16H,7H2. The normalized spacial score (nSPS) is 11.3. The molecule has 0 saturated carbocycles. The van der Waals surface area contributed by atoms with Gasteiger partial charge in [-0.25, -0.2) is 0 Å². The van der Waals surface area contributed by atoms with Gasteiger partial charge in [-0.2, -0.15) is 13.2 Å². The van der Waals surface area contributed by atoms with Crippen molar-refractivity contribution in [2.24, 2.45) is 0 Å². The molecular formula is C12H9F3N2O3. The Morgan fingerprint density at radius 2 is 2.05 bits per heavy atom. The van der Waals surface area contributed by atoms with Crippen LogP contribution in [0.2, 0.25) is 0 Å². The van der Waals surface area contributed by atoms with Gasteiger partial charge in [0.1, 0.15) is 11.3 Å². The summed E-state index contributed by atoms with van der Waals surface area (Å²) < 4.78 is 42.9. The Morgan fingerprint density at radius 3 is 2.60 bits per heavy atom. The van der Waals surface area contributed by atoms with Crippen molar-refractivity contribution >= 4 is 11.4 Å². The van der Waals surface area contributed by atoms with E-state index in [2.05, 4.69) is 5.32 Å². The molecule has 1 heterocycles. The number of furan rings is 1. The van der Waals surface area contributed by atoms with Crippen molar-refractivity contribution in [1.29, 1.82) is 0 Å². The Balaban J connectivity index is 2.24. The minimum absolute atomic E-state index is 0.209. The third kappa shape index (κ3) is 3.08. The Kier molecular flexibility index (Phi) is 3.64. The molecule has 1 N–H and O–H groups in total. The fourth-order valence-corrected chi connectivity index (χ4v) is 1.63.